The minimum absolute atomic E-state index is 0.275. The summed E-state index contributed by atoms with van der Waals surface area (Å²) in [6.07, 6.45) is -2.56. The Morgan fingerprint density at radius 2 is 1.80 bits per heavy atom. The predicted octanol–water partition coefficient (Wildman–Crippen LogP) is 4.00. The van der Waals surface area contributed by atoms with Crippen LogP contribution in [0.4, 0.5) is 18.9 Å². The Bertz CT molecular complexity index is 466. The first-order chi connectivity index (χ1) is 9.30. The molecule has 1 fully saturated rings. The zero-order valence-electron chi connectivity index (χ0n) is 11.5. The van der Waals surface area contributed by atoms with E-state index in [1.54, 1.807) is 6.07 Å². The SMILES string of the molecule is CN(C)C1CCN(c2c(Br)cccc2C(F)(F)F)CC1. The second kappa shape index (κ2) is 5.93. The van der Waals surface area contributed by atoms with E-state index in [0.29, 0.717) is 23.6 Å². The zero-order valence-corrected chi connectivity index (χ0v) is 13.1. The second-order valence-corrected chi connectivity index (χ2v) is 6.17. The number of hydrogen-bond donors (Lipinski definition) is 0. The fourth-order valence-electron chi connectivity index (χ4n) is 2.67. The van der Waals surface area contributed by atoms with Crippen molar-refractivity contribution in [2.75, 3.05) is 32.1 Å². The maximum atomic E-state index is 13.1. The molecule has 2 rings (SSSR count). The van der Waals surface area contributed by atoms with Gasteiger partial charge in [0.05, 0.1) is 11.3 Å². The van der Waals surface area contributed by atoms with Crippen LogP contribution in [-0.2, 0) is 6.18 Å². The summed E-state index contributed by atoms with van der Waals surface area (Å²) in [7, 11) is 4.03. The van der Waals surface area contributed by atoms with E-state index in [-0.39, 0.29) is 5.69 Å². The van der Waals surface area contributed by atoms with Gasteiger partial charge in [0.15, 0.2) is 0 Å². The quantitative estimate of drug-likeness (QED) is 0.795. The van der Waals surface area contributed by atoms with Crippen LogP contribution in [0.5, 0.6) is 0 Å². The lowest BCUT2D eigenvalue weighted by Gasteiger charge is -2.37. The van der Waals surface area contributed by atoms with E-state index >= 15 is 0 Å². The molecule has 0 saturated carbocycles. The van der Waals surface area contributed by atoms with Crippen molar-refractivity contribution in [3.63, 3.8) is 0 Å². The van der Waals surface area contributed by atoms with Gasteiger partial charge in [0, 0.05) is 23.6 Å². The number of anilines is 1. The van der Waals surface area contributed by atoms with Gasteiger partial charge in [0.25, 0.3) is 0 Å². The van der Waals surface area contributed by atoms with E-state index in [9.17, 15) is 13.2 Å². The Hall–Kier alpha value is -0.750. The van der Waals surface area contributed by atoms with Crippen molar-refractivity contribution in [3.05, 3.63) is 28.2 Å². The summed E-state index contributed by atoms with van der Waals surface area (Å²) >= 11 is 3.27. The van der Waals surface area contributed by atoms with Gasteiger partial charge in [-0.1, -0.05) is 6.07 Å². The number of alkyl halides is 3. The third-order valence-corrected chi connectivity index (χ3v) is 4.44. The standard InChI is InChI=1S/C14H18BrF3N2/c1-19(2)10-6-8-20(9-7-10)13-11(14(16,17)18)4-3-5-12(13)15/h3-5,10H,6-9H2,1-2H3. The van der Waals surface area contributed by atoms with E-state index in [2.05, 4.69) is 20.8 Å². The van der Waals surface area contributed by atoms with Gasteiger partial charge in [-0.05, 0) is 55.0 Å². The Morgan fingerprint density at radius 1 is 1.20 bits per heavy atom. The Labute approximate surface area is 125 Å². The maximum absolute atomic E-state index is 13.1. The molecule has 20 heavy (non-hydrogen) atoms. The summed E-state index contributed by atoms with van der Waals surface area (Å²) in [5, 5.41) is 0. The normalized spacial score (nSPS) is 17.9. The van der Waals surface area contributed by atoms with Crippen LogP contribution >= 0.6 is 15.9 Å². The average molecular weight is 351 g/mol. The van der Waals surface area contributed by atoms with E-state index in [1.165, 1.54) is 6.07 Å². The molecule has 1 aliphatic heterocycles. The van der Waals surface area contributed by atoms with Crippen molar-refractivity contribution in [2.45, 2.75) is 25.1 Å². The van der Waals surface area contributed by atoms with Crippen LogP contribution in [-0.4, -0.2) is 38.1 Å². The van der Waals surface area contributed by atoms with E-state index in [0.717, 1.165) is 18.9 Å². The largest absolute Gasteiger partial charge is 0.418 e. The van der Waals surface area contributed by atoms with Crippen LogP contribution in [0.15, 0.2) is 22.7 Å². The van der Waals surface area contributed by atoms with Crippen molar-refractivity contribution in [1.82, 2.24) is 4.90 Å². The lowest BCUT2D eigenvalue weighted by Crippen LogP contribution is -2.42. The Kier molecular flexibility index (Phi) is 4.64. The van der Waals surface area contributed by atoms with Crippen molar-refractivity contribution in [1.29, 1.82) is 0 Å². The molecule has 6 heteroatoms. The first-order valence-corrected chi connectivity index (χ1v) is 7.37. The average Bonchev–Trinajstić information content (AvgIpc) is 2.37. The fraction of sp³-hybridized carbons (Fsp3) is 0.571. The molecule has 1 aromatic carbocycles. The molecule has 0 radical (unpaired) electrons. The third kappa shape index (κ3) is 3.28. The zero-order chi connectivity index (χ0) is 14.9. The van der Waals surface area contributed by atoms with Crippen molar-refractivity contribution in [2.24, 2.45) is 0 Å². The van der Waals surface area contributed by atoms with E-state index < -0.39 is 11.7 Å². The summed E-state index contributed by atoms with van der Waals surface area (Å²) in [4.78, 5) is 3.98. The number of rotatable bonds is 2. The number of piperidine rings is 1. The molecule has 0 aliphatic carbocycles. The minimum atomic E-state index is -4.32. The molecule has 0 N–H and O–H groups in total. The van der Waals surface area contributed by atoms with Gasteiger partial charge in [-0.2, -0.15) is 13.2 Å². The molecular weight excluding hydrogens is 333 g/mol. The highest BCUT2D eigenvalue weighted by molar-refractivity contribution is 9.10. The second-order valence-electron chi connectivity index (χ2n) is 5.32. The van der Waals surface area contributed by atoms with Crippen LogP contribution in [0.25, 0.3) is 0 Å². The number of nitrogens with zero attached hydrogens (tertiary/aromatic N) is 2. The van der Waals surface area contributed by atoms with Crippen molar-refractivity contribution < 1.29 is 13.2 Å². The van der Waals surface area contributed by atoms with Gasteiger partial charge in [-0.25, -0.2) is 0 Å². The van der Waals surface area contributed by atoms with Crippen molar-refractivity contribution >= 4 is 21.6 Å². The summed E-state index contributed by atoms with van der Waals surface area (Å²) in [5.41, 5.74) is -0.285. The van der Waals surface area contributed by atoms with Crippen LogP contribution < -0.4 is 4.90 Å². The Morgan fingerprint density at radius 3 is 2.30 bits per heavy atom. The minimum Gasteiger partial charge on any atom is -0.370 e. The van der Waals surface area contributed by atoms with Crippen LogP contribution in [0.1, 0.15) is 18.4 Å². The molecule has 0 unspecified atom stereocenters. The highest BCUT2D eigenvalue weighted by Gasteiger charge is 2.36. The molecule has 2 nitrogen and oxygen atoms in total. The van der Waals surface area contributed by atoms with Crippen LogP contribution in [0, 0.1) is 0 Å². The van der Waals surface area contributed by atoms with Gasteiger partial charge in [0.2, 0.25) is 0 Å². The van der Waals surface area contributed by atoms with E-state index in [1.807, 2.05) is 19.0 Å². The first-order valence-electron chi connectivity index (χ1n) is 6.58. The van der Waals surface area contributed by atoms with Gasteiger partial charge < -0.3 is 9.80 Å². The molecule has 112 valence electrons. The first kappa shape index (κ1) is 15.6. The molecule has 1 aromatic rings. The van der Waals surface area contributed by atoms with Crippen LogP contribution in [0.3, 0.4) is 0 Å². The molecule has 1 saturated heterocycles. The van der Waals surface area contributed by atoms with Crippen LogP contribution in [0.2, 0.25) is 0 Å². The molecule has 0 spiro atoms. The van der Waals surface area contributed by atoms with Gasteiger partial charge in [0.1, 0.15) is 0 Å². The summed E-state index contributed by atoms with van der Waals surface area (Å²) in [6.45, 7) is 1.29. The lowest BCUT2D eigenvalue weighted by molar-refractivity contribution is -0.137. The molecule has 0 bridgehead atoms. The summed E-state index contributed by atoms with van der Waals surface area (Å²) in [6, 6.07) is 4.70. The lowest BCUT2D eigenvalue weighted by atomic mass is 10.0. The number of hydrogen-bond acceptors (Lipinski definition) is 2. The maximum Gasteiger partial charge on any atom is 0.418 e. The topological polar surface area (TPSA) is 6.48 Å². The number of para-hydroxylation sites is 1. The third-order valence-electron chi connectivity index (χ3n) is 3.80. The Balaban J connectivity index is 2.26. The fourth-order valence-corrected chi connectivity index (χ4v) is 3.29. The van der Waals surface area contributed by atoms with Crippen molar-refractivity contribution in [3.8, 4) is 0 Å². The van der Waals surface area contributed by atoms with E-state index in [4.69, 9.17) is 0 Å². The molecule has 0 atom stereocenters. The molecule has 1 aliphatic rings. The summed E-state index contributed by atoms with van der Waals surface area (Å²) < 4.78 is 39.9. The highest BCUT2D eigenvalue weighted by Crippen LogP contribution is 2.41. The van der Waals surface area contributed by atoms with Gasteiger partial charge in [-0.3, -0.25) is 0 Å². The predicted molar refractivity (Wildman–Crippen MR) is 78.1 cm³/mol. The monoisotopic (exact) mass is 350 g/mol. The molecule has 1 heterocycles. The number of benzene rings is 1. The smallest absolute Gasteiger partial charge is 0.370 e. The molecular formula is C14H18BrF3N2. The molecule has 0 amide bonds. The van der Waals surface area contributed by atoms with Gasteiger partial charge >= 0.3 is 6.18 Å². The van der Waals surface area contributed by atoms with Gasteiger partial charge in [-0.15, -0.1) is 0 Å². The highest BCUT2D eigenvalue weighted by atomic mass is 79.9. The summed E-state index contributed by atoms with van der Waals surface area (Å²) in [5.74, 6) is 0. The number of halogens is 4. The molecule has 0 aromatic heterocycles.